The van der Waals surface area contributed by atoms with Gasteiger partial charge in [0.2, 0.25) is 11.7 Å². The Balaban J connectivity index is 1.68. The molecule has 9 heteroatoms. The molecule has 3 rings (SSSR count). The molecule has 0 aliphatic carbocycles. The summed E-state index contributed by atoms with van der Waals surface area (Å²) in [5.41, 5.74) is 0.447. The topological polar surface area (TPSA) is 110 Å². The van der Waals surface area contributed by atoms with Crippen molar-refractivity contribution >= 4 is 33.3 Å². The van der Waals surface area contributed by atoms with E-state index < -0.39 is 17.6 Å². The number of furan rings is 1. The Kier molecular flexibility index (Phi) is 5.91. The number of anilines is 1. The number of ether oxygens (including phenoxy) is 1. The van der Waals surface area contributed by atoms with Crippen molar-refractivity contribution in [2.75, 3.05) is 12.4 Å². The van der Waals surface area contributed by atoms with Crippen molar-refractivity contribution in [2.45, 2.75) is 6.54 Å². The molecule has 1 atom stereocenters. The largest absolute Gasteiger partial charge is 0.497 e. The van der Waals surface area contributed by atoms with Gasteiger partial charge in [0.25, 0.3) is 0 Å². The summed E-state index contributed by atoms with van der Waals surface area (Å²) >= 11 is 3.30. The molecule has 1 unspecified atom stereocenters. The summed E-state index contributed by atoms with van der Waals surface area (Å²) in [7, 11) is 1.53. The van der Waals surface area contributed by atoms with Gasteiger partial charge in [0.1, 0.15) is 11.5 Å². The number of ketones is 1. The van der Waals surface area contributed by atoms with Gasteiger partial charge in [0.15, 0.2) is 11.7 Å². The minimum Gasteiger partial charge on any atom is -0.497 e. The summed E-state index contributed by atoms with van der Waals surface area (Å²) in [6.07, 6.45) is 3.38. The monoisotopic (exact) mass is 442 g/mol. The molecule has 0 saturated heterocycles. The van der Waals surface area contributed by atoms with Crippen LogP contribution in [0, 0.1) is 17.2 Å². The quantitative estimate of drug-likeness (QED) is 0.444. The number of nitriles is 1. The van der Waals surface area contributed by atoms with Gasteiger partial charge < -0.3 is 14.5 Å². The second-order valence-corrected chi connectivity index (χ2v) is 6.68. The molecule has 1 aromatic carbocycles. The molecule has 0 radical (unpaired) electrons. The minimum absolute atomic E-state index is 0.0577. The highest BCUT2D eigenvalue weighted by Crippen LogP contribution is 2.19. The summed E-state index contributed by atoms with van der Waals surface area (Å²) < 4.78 is 13.0. The van der Waals surface area contributed by atoms with Crippen LogP contribution in [0.1, 0.15) is 16.3 Å². The van der Waals surface area contributed by atoms with Gasteiger partial charge in [-0.2, -0.15) is 10.4 Å². The first-order valence-corrected chi connectivity index (χ1v) is 8.95. The standard InChI is InChI=1S/C19H15BrN4O4/c1-27-14-4-2-13(3-5-14)23-19(26)16(8-21)18(25)17-7-6-15(28-17)11-24-10-12(20)9-22-24/h2-7,9-10,16H,11H2,1H3,(H,23,26). The fraction of sp³-hybridized carbons (Fsp3) is 0.158. The average Bonchev–Trinajstić information content (AvgIpc) is 3.32. The van der Waals surface area contributed by atoms with Crippen LogP contribution in [0.2, 0.25) is 0 Å². The zero-order valence-electron chi connectivity index (χ0n) is 14.8. The molecule has 0 aliphatic heterocycles. The van der Waals surface area contributed by atoms with Crippen LogP contribution in [0.25, 0.3) is 0 Å². The predicted octanol–water partition coefficient (Wildman–Crippen LogP) is 3.26. The van der Waals surface area contributed by atoms with Crippen molar-refractivity contribution in [1.82, 2.24) is 9.78 Å². The lowest BCUT2D eigenvalue weighted by Gasteiger charge is -2.09. The lowest BCUT2D eigenvalue weighted by molar-refractivity contribution is -0.117. The van der Waals surface area contributed by atoms with Gasteiger partial charge in [-0.3, -0.25) is 14.3 Å². The SMILES string of the molecule is COc1ccc(NC(=O)C(C#N)C(=O)c2ccc(Cn3cc(Br)cn3)o2)cc1. The maximum Gasteiger partial charge on any atom is 0.249 e. The predicted molar refractivity (Wildman–Crippen MR) is 103 cm³/mol. The van der Waals surface area contributed by atoms with Crippen LogP contribution < -0.4 is 10.1 Å². The number of benzene rings is 1. The number of carbonyl (C=O) groups excluding carboxylic acids is 2. The number of rotatable bonds is 7. The number of amides is 1. The maximum absolute atomic E-state index is 12.6. The molecule has 1 amide bonds. The summed E-state index contributed by atoms with van der Waals surface area (Å²) in [5, 5.41) is 16.0. The van der Waals surface area contributed by atoms with Crippen LogP contribution in [0.5, 0.6) is 5.75 Å². The molecule has 28 heavy (non-hydrogen) atoms. The van der Waals surface area contributed by atoms with E-state index in [-0.39, 0.29) is 5.76 Å². The summed E-state index contributed by atoms with van der Waals surface area (Å²) in [4.78, 5) is 24.9. The Morgan fingerprint density at radius 2 is 2.07 bits per heavy atom. The van der Waals surface area contributed by atoms with Gasteiger partial charge in [-0.05, 0) is 52.3 Å². The third-order valence-corrected chi connectivity index (χ3v) is 4.24. The molecule has 3 aromatic rings. The van der Waals surface area contributed by atoms with Crippen molar-refractivity contribution in [1.29, 1.82) is 5.26 Å². The molecule has 0 bridgehead atoms. The lowest BCUT2D eigenvalue weighted by atomic mass is 10.0. The van der Waals surface area contributed by atoms with Crippen molar-refractivity contribution in [2.24, 2.45) is 5.92 Å². The van der Waals surface area contributed by atoms with Gasteiger partial charge in [-0.15, -0.1) is 0 Å². The maximum atomic E-state index is 12.6. The Bertz CT molecular complexity index is 1030. The molecular formula is C19H15BrN4O4. The highest BCUT2D eigenvalue weighted by molar-refractivity contribution is 9.10. The first-order valence-electron chi connectivity index (χ1n) is 8.15. The highest BCUT2D eigenvalue weighted by Gasteiger charge is 2.30. The third kappa shape index (κ3) is 4.47. The normalized spacial score (nSPS) is 11.5. The van der Waals surface area contributed by atoms with E-state index in [4.69, 9.17) is 9.15 Å². The summed E-state index contributed by atoms with van der Waals surface area (Å²) in [5.74, 6) is -1.92. The fourth-order valence-electron chi connectivity index (χ4n) is 2.45. The number of halogens is 1. The van der Waals surface area contributed by atoms with E-state index in [2.05, 4.69) is 26.3 Å². The summed E-state index contributed by atoms with van der Waals surface area (Å²) in [6, 6.07) is 11.3. The van der Waals surface area contributed by atoms with Crippen LogP contribution in [0.4, 0.5) is 5.69 Å². The molecule has 2 heterocycles. The number of nitrogens with zero attached hydrogens (tertiary/aromatic N) is 3. The number of hydrogen-bond donors (Lipinski definition) is 1. The van der Waals surface area contributed by atoms with Crippen LogP contribution in [0.3, 0.4) is 0 Å². The number of hydrogen-bond acceptors (Lipinski definition) is 6. The van der Waals surface area contributed by atoms with Gasteiger partial charge in [0.05, 0.1) is 30.4 Å². The highest BCUT2D eigenvalue weighted by atomic mass is 79.9. The Hall–Kier alpha value is -3.38. The molecule has 1 N–H and O–H groups in total. The number of methoxy groups -OCH3 is 1. The second kappa shape index (κ2) is 8.54. The summed E-state index contributed by atoms with van der Waals surface area (Å²) in [6.45, 7) is 0.314. The van der Waals surface area contributed by atoms with Gasteiger partial charge in [0, 0.05) is 11.9 Å². The van der Waals surface area contributed by atoms with Crippen molar-refractivity contribution in [3.8, 4) is 11.8 Å². The van der Waals surface area contributed by atoms with E-state index in [0.29, 0.717) is 23.7 Å². The molecule has 0 fully saturated rings. The van der Waals surface area contributed by atoms with E-state index in [1.807, 2.05) is 0 Å². The lowest BCUT2D eigenvalue weighted by Crippen LogP contribution is -2.28. The first kappa shape index (κ1) is 19.4. The zero-order chi connectivity index (χ0) is 20.1. The van der Waals surface area contributed by atoms with E-state index >= 15 is 0 Å². The van der Waals surface area contributed by atoms with Crippen molar-refractivity contribution in [3.63, 3.8) is 0 Å². The van der Waals surface area contributed by atoms with Crippen molar-refractivity contribution < 1.29 is 18.7 Å². The first-order chi connectivity index (χ1) is 13.5. The molecule has 0 saturated carbocycles. The number of carbonyl (C=O) groups is 2. The van der Waals surface area contributed by atoms with Crippen LogP contribution in [0.15, 0.2) is 57.7 Å². The van der Waals surface area contributed by atoms with E-state index in [1.165, 1.54) is 13.2 Å². The van der Waals surface area contributed by atoms with E-state index in [1.54, 1.807) is 53.5 Å². The zero-order valence-corrected chi connectivity index (χ0v) is 16.3. The molecule has 2 aromatic heterocycles. The minimum atomic E-state index is -1.53. The van der Waals surface area contributed by atoms with Crippen molar-refractivity contribution in [3.05, 3.63) is 64.8 Å². The number of aromatic nitrogens is 2. The molecular weight excluding hydrogens is 428 g/mol. The third-order valence-electron chi connectivity index (χ3n) is 3.84. The van der Waals surface area contributed by atoms with Crippen LogP contribution in [-0.2, 0) is 11.3 Å². The molecule has 142 valence electrons. The fourth-order valence-corrected chi connectivity index (χ4v) is 2.78. The smallest absolute Gasteiger partial charge is 0.249 e. The Labute approximate surface area is 168 Å². The average molecular weight is 443 g/mol. The Morgan fingerprint density at radius 1 is 1.32 bits per heavy atom. The van der Waals surface area contributed by atoms with E-state index in [0.717, 1.165) is 4.47 Å². The number of Topliss-reactive ketones (excluding diaryl/α,β-unsaturated/α-hetero) is 1. The van der Waals surface area contributed by atoms with E-state index in [9.17, 15) is 14.9 Å². The second-order valence-electron chi connectivity index (χ2n) is 5.77. The van der Waals surface area contributed by atoms with Gasteiger partial charge in [-0.25, -0.2) is 0 Å². The molecule has 0 spiro atoms. The van der Waals surface area contributed by atoms with Crippen LogP contribution in [-0.4, -0.2) is 28.6 Å². The van der Waals surface area contributed by atoms with Crippen LogP contribution >= 0.6 is 15.9 Å². The van der Waals surface area contributed by atoms with Gasteiger partial charge in [-0.1, -0.05) is 0 Å². The Morgan fingerprint density at radius 3 is 2.68 bits per heavy atom. The molecule has 0 aliphatic rings. The molecule has 8 nitrogen and oxygen atoms in total. The number of nitrogens with one attached hydrogen (secondary N) is 1. The van der Waals surface area contributed by atoms with Gasteiger partial charge >= 0.3 is 0 Å².